The Balaban J connectivity index is 1.56. The van der Waals surface area contributed by atoms with Gasteiger partial charge in [0.05, 0.1) is 17.3 Å². The molecular weight excluding hydrogens is 312 g/mol. The molecule has 0 unspecified atom stereocenters. The lowest BCUT2D eigenvalue weighted by molar-refractivity contribution is -0.121. The van der Waals surface area contributed by atoms with E-state index in [-0.39, 0.29) is 5.91 Å². The molecule has 0 aliphatic heterocycles. The summed E-state index contributed by atoms with van der Waals surface area (Å²) in [7, 11) is 0. The van der Waals surface area contributed by atoms with Crippen molar-refractivity contribution in [1.29, 1.82) is 0 Å². The van der Waals surface area contributed by atoms with Crippen LogP contribution in [0.1, 0.15) is 30.9 Å². The first-order chi connectivity index (χ1) is 12.2. The highest BCUT2D eigenvalue weighted by Gasteiger charge is 2.38. The van der Waals surface area contributed by atoms with Gasteiger partial charge in [-0.05, 0) is 49.4 Å². The van der Waals surface area contributed by atoms with E-state index < -0.39 is 5.41 Å². The highest BCUT2D eigenvalue weighted by molar-refractivity contribution is 5.99. The van der Waals surface area contributed by atoms with Crippen LogP contribution >= 0.6 is 0 Å². The zero-order chi connectivity index (χ0) is 17.3. The molecule has 1 amide bonds. The number of hydrogen-bond donors (Lipinski definition) is 1. The van der Waals surface area contributed by atoms with E-state index in [1.54, 1.807) is 18.7 Å². The molecule has 1 aromatic carbocycles. The molecular formula is C20H20N4O. The standard InChI is InChI=1S/C20H20N4O/c1-20(10-4-6-15-5-2-3-7-17(15)20)19(25)23-16-8-9-18(22-13-16)24-12-11-21-14-24/h2-3,5,7-9,11-14H,4,6,10H2,1H3,(H,23,25)/t20-/m0/s1. The summed E-state index contributed by atoms with van der Waals surface area (Å²) >= 11 is 0. The van der Waals surface area contributed by atoms with Crippen LogP contribution in [0.2, 0.25) is 0 Å². The van der Waals surface area contributed by atoms with Gasteiger partial charge in [-0.25, -0.2) is 9.97 Å². The molecule has 25 heavy (non-hydrogen) atoms. The normalized spacial score (nSPS) is 19.2. The number of carbonyl (C=O) groups is 1. The lowest BCUT2D eigenvalue weighted by Crippen LogP contribution is -2.40. The van der Waals surface area contributed by atoms with E-state index in [0.29, 0.717) is 5.69 Å². The molecule has 2 heterocycles. The molecule has 5 nitrogen and oxygen atoms in total. The minimum absolute atomic E-state index is 0.0248. The third kappa shape index (κ3) is 2.82. The third-order valence-corrected chi connectivity index (χ3v) is 5.01. The van der Waals surface area contributed by atoms with E-state index in [9.17, 15) is 4.79 Å². The summed E-state index contributed by atoms with van der Waals surface area (Å²) in [6, 6.07) is 12.0. The van der Waals surface area contributed by atoms with Crippen molar-refractivity contribution >= 4 is 11.6 Å². The highest BCUT2D eigenvalue weighted by Crippen LogP contribution is 2.38. The molecule has 0 spiro atoms. The number of benzene rings is 1. The number of amides is 1. The SMILES string of the molecule is C[C@]1(C(=O)Nc2ccc(-n3ccnc3)nc2)CCCc2ccccc21. The molecule has 4 rings (SSSR count). The van der Waals surface area contributed by atoms with Crippen LogP contribution in [0.25, 0.3) is 5.82 Å². The first kappa shape index (κ1) is 15.6. The Morgan fingerprint density at radius 3 is 2.88 bits per heavy atom. The number of nitrogens with one attached hydrogen (secondary N) is 1. The molecule has 1 N–H and O–H groups in total. The smallest absolute Gasteiger partial charge is 0.234 e. The predicted octanol–water partition coefficient (Wildman–Crippen LogP) is 3.50. The molecule has 0 fully saturated rings. The molecule has 5 heteroatoms. The first-order valence-corrected chi connectivity index (χ1v) is 8.51. The van der Waals surface area contributed by atoms with Gasteiger partial charge in [0.2, 0.25) is 5.91 Å². The Hall–Kier alpha value is -2.95. The fourth-order valence-corrected chi connectivity index (χ4v) is 3.56. The molecule has 3 aromatic rings. The number of aromatic nitrogens is 3. The van der Waals surface area contributed by atoms with Gasteiger partial charge in [-0.1, -0.05) is 24.3 Å². The van der Waals surface area contributed by atoms with Gasteiger partial charge in [-0.2, -0.15) is 0 Å². The summed E-state index contributed by atoms with van der Waals surface area (Å²) in [5.74, 6) is 0.793. The second-order valence-electron chi connectivity index (χ2n) is 6.67. The lowest BCUT2D eigenvalue weighted by atomic mass is 9.70. The molecule has 0 radical (unpaired) electrons. The molecule has 0 saturated heterocycles. The summed E-state index contributed by atoms with van der Waals surface area (Å²) in [6.07, 6.45) is 9.85. The number of carbonyl (C=O) groups excluding carboxylic acids is 1. The number of rotatable bonds is 3. The number of aryl methyl sites for hydroxylation is 1. The van der Waals surface area contributed by atoms with Crippen LogP contribution in [-0.4, -0.2) is 20.4 Å². The van der Waals surface area contributed by atoms with Crippen LogP contribution in [-0.2, 0) is 16.6 Å². The number of nitrogens with zero attached hydrogens (tertiary/aromatic N) is 3. The number of imidazole rings is 1. The van der Waals surface area contributed by atoms with Crippen LogP contribution < -0.4 is 5.32 Å². The fourth-order valence-electron chi connectivity index (χ4n) is 3.56. The Morgan fingerprint density at radius 2 is 2.12 bits per heavy atom. The van der Waals surface area contributed by atoms with Crippen molar-refractivity contribution in [1.82, 2.24) is 14.5 Å². The molecule has 1 aliphatic carbocycles. The van der Waals surface area contributed by atoms with Crippen LogP contribution in [0.3, 0.4) is 0 Å². The lowest BCUT2D eigenvalue weighted by Gasteiger charge is -2.34. The summed E-state index contributed by atoms with van der Waals surface area (Å²) in [5.41, 5.74) is 2.62. The fraction of sp³-hybridized carbons (Fsp3) is 0.250. The van der Waals surface area contributed by atoms with E-state index in [4.69, 9.17) is 0 Å². The number of pyridine rings is 1. The first-order valence-electron chi connectivity index (χ1n) is 8.51. The summed E-state index contributed by atoms with van der Waals surface area (Å²) in [6.45, 7) is 2.04. The number of anilines is 1. The minimum Gasteiger partial charge on any atom is -0.324 e. The average molecular weight is 332 g/mol. The van der Waals surface area contributed by atoms with E-state index >= 15 is 0 Å². The van der Waals surface area contributed by atoms with Crippen molar-refractivity contribution in [2.24, 2.45) is 0 Å². The quantitative estimate of drug-likeness (QED) is 0.798. The van der Waals surface area contributed by atoms with Gasteiger partial charge < -0.3 is 5.32 Å². The van der Waals surface area contributed by atoms with Crippen LogP contribution in [0, 0.1) is 0 Å². The van der Waals surface area contributed by atoms with Crippen LogP contribution in [0.4, 0.5) is 5.69 Å². The monoisotopic (exact) mass is 332 g/mol. The average Bonchev–Trinajstić information content (AvgIpc) is 3.17. The van der Waals surface area contributed by atoms with Crippen molar-refractivity contribution in [3.8, 4) is 5.82 Å². The zero-order valence-corrected chi connectivity index (χ0v) is 14.1. The Labute approximate surface area is 146 Å². The second kappa shape index (κ2) is 6.16. The Kier molecular flexibility index (Phi) is 3.84. The Bertz CT molecular complexity index is 886. The Morgan fingerprint density at radius 1 is 1.24 bits per heavy atom. The van der Waals surface area contributed by atoms with E-state index in [1.807, 2.05) is 42.0 Å². The van der Waals surface area contributed by atoms with Crippen molar-refractivity contribution in [2.45, 2.75) is 31.6 Å². The summed E-state index contributed by atoms with van der Waals surface area (Å²) in [5, 5.41) is 3.04. The highest BCUT2D eigenvalue weighted by atomic mass is 16.2. The molecule has 0 bridgehead atoms. The van der Waals surface area contributed by atoms with Gasteiger partial charge in [0, 0.05) is 12.4 Å². The van der Waals surface area contributed by atoms with Gasteiger partial charge in [0.25, 0.3) is 0 Å². The predicted molar refractivity (Wildman–Crippen MR) is 96.7 cm³/mol. The van der Waals surface area contributed by atoms with Gasteiger partial charge in [-0.15, -0.1) is 0 Å². The van der Waals surface area contributed by atoms with Gasteiger partial charge >= 0.3 is 0 Å². The maximum absolute atomic E-state index is 13.0. The molecule has 1 atom stereocenters. The second-order valence-corrected chi connectivity index (χ2v) is 6.67. The van der Waals surface area contributed by atoms with E-state index in [1.165, 1.54) is 5.56 Å². The van der Waals surface area contributed by atoms with E-state index in [0.717, 1.165) is 30.6 Å². The number of hydrogen-bond acceptors (Lipinski definition) is 3. The van der Waals surface area contributed by atoms with Gasteiger partial charge in [0.15, 0.2) is 0 Å². The number of fused-ring (bicyclic) bond motifs is 1. The van der Waals surface area contributed by atoms with Gasteiger partial charge in [0.1, 0.15) is 12.1 Å². The van der Waals surface area contributed by atoms with Crippen LogP contribution in [0.5, 0.6) is 0 Å². The summed E-state index contributed by atoms with van der Waals surface area (Å²) < 4.78 is 1.82. The third-order valence-electron chi connectivity index (χ3n) is 5.01. The maximum atomic E-state index is 13.0. The minimum atomic E-state index is -0.502. The van der Waals surface area contributed by atoms with Crippen LogP contribution in [0.15, 0.2) is 61.3 Å². The van der Waals surface area contributed by atoms with Gasteiger partial charge in [-0.3, -0.25) is 9.36 Å². The van der Waals surface area contributed by atoms with E-state index in [2.05, 4.69) is 27.4 Å². The van der Waals surface area contributed by atoms with Crippen molar-refractivity contribution < 1.29 is 4.79 Å². The molecule has 2 aromatic heterocycles. The van der Waals surface area contributed by atoms with Crippen molar-refractivity contribution in [3.05, 3.63) is 72.4 Å². The maximum Gasteiger partial charge on any atom is 0.234 e. The summed E-state index contributed by atoms with van der Waals surface area (Å²) in [4.78, 5) is 21.4. The van der Waals surface area contributed by atoms with Crippen molar-refractivity contribution in [3.63, 3.8) is 0 Å². The molecule has 126 valence electrons. The van der Waals surface area contributed by atoms with Crippen molar-refractivity contribution in [2.75, 3.05) is 5.32 Å². The molecule has 1 aliphatic rings. The molecule has 0 saturated carbocycles. The largest absolute Gasteiger partial charge is 0.324 e. The zero-order valence-electron chi connectivity index (χ0n) is 14.1. The topological polar surface area (TPSA) is 59.8 Å².